The van der Waals surface area contributed by atoms with E-state index in [9.17, 15) is 0 Å². The Kier molecular flexibility index (Phi) is 3.61. The van der Waals surface area contributed by atoms with Crippen LogP contribution in [0.4, 0.5) is 0 Å². The Hall–Kier alpha value is -2.00. The molecule has 0 saturated carbocycles. The van der Waals surface area contributed by atoms with Gasteiger partial charge >= 0.3 is 0 Å². The molecule has 0 atom stereocenters. The van der Waals surface area contributed by atoms with E-state index in [-0.39, 0.29) is 0 Å². The van der Waals surface area contributed by atoms with Crippen LogP contribution in [0.1, 0.15) is 11.1 Å². The van der Waals surface area contributed by atoms with Crippen molar-refractivity contribution in [2.24, 2.45) is 0 Å². The van der Waals surface area contributed by atoms with E-state index in [1.165, 1.54) is 22.3 Å². The van der Waals surface area contributed by atoms with E-state index in [2.05, 4.69) is 35.6 Å². The second-order valence-corrected chi connectivity index (χ2v) is 4.98. The number of benzene rings is 2. The zero-order valence-corrected chi connectivity index (χ0v) is 11.9. The van der Waals surface area contributed by atoms with Crippen molar-refractivity contribution in [3.8, 4) is 22.6 Å². The molecular formula is C17H19NO2. The van der Waals surface area contributed by atoms with Gasteiger partial charge in [0.2, 0.25) is 0 Å². The van der Waals surface area contributed by atoms with Gasteiger partial charge in [-0.1, -0.05) is 12.1 Å². The Morgan fingerprint density at radius 3 is 2.75 bits per heavy atom. The Morgan fingerprint density at radius 1 is 1.15 bits per heavy atom. The first-order valence-corrected chi connectivity index (χ1v) is 6.89. The fourth-order valence-corrected chi connectivity index (χ4v) is 2.65. The van der Waals surface area contributed by atoms with Crippen LogP contribution in [0, 0.1) is 0 Å². The lowest BCUT2D eigenvalue weighted by atomic mass is 9.99. The first-order valence-electron chi connectivity index (χ1n) is 6.89. The summed E-state index contributed by atoms with van der Waals surface area (Å²) in [5.41, 5.74) is 4.91. The van der Waals surface area contributed by atoms with E-state index in [4.69, 9.17) is 9.47 Å². The summed E-state index contributed by atoms with van der Waals surface area (Å²) in [4.78, 5) is 0. The topological polar surface area (TPSA) is 30.5 Å². The van der Waals surface area contributed by atoms with Gasteiger partial charge < -0.3 is 14.8 Å². The molecule has 0 aliphatic carbocycles. The van der Waals surface area contributed by atoms with Crippen LogP contribution >= 0.6 is 0 Å². The molecule has 20 heavy (non-hydrogen) atoms. The summed E-state index contributed by atoms with van der Waals surface area (Å²) < 4.78 is 11.0. The lowest BCUT2D eigenvalue weighted by molar-refractivity contribution is 0.357. The van der Waals surface area contributed by atoms with Crippen molar-refractivity contribution in [1.29, 1.82) is 0 Å². The number of ether oxygens (including phenoxy) is 2. The molecule has 1 heterocycles. The summed E-state index contributed by atoms with van der Waals surface area (Å²) in [6.45, 7) is 1.59. The molecule has 3 heteroatoms. The Balaban J connectivity index is 1.99. The van der Waals surface area contributed by atoms with Gasteiger partial charge in [0, 0.05) is 18.5 Å². The Labute approximate surface area is 119 Å². The summed E-state index contributed by atoms with van der Waals surface area (Å²) in [7, 11) is 3.65. The molecule has 0 unspecified atom stereocenters. The zero-order chi connectivity index (χ0) is 13.9. The van der Waals surface area contributed by atoms with Crippen LogP contribution in [0.5, 0.6) is 11.5 Å². The number of hydrogen-bond acceptors (Lipinski definition) is 3. The van der Waals surface area contributed by atoms with Gasteiger partial charge in [-0.05, 0) is 48.0 Å². The molecule has 0 bridgehead atoms. The van der Waals surface area contributed by atoms with Gasteiger partial charge in [-0.25, -0.2) is 0 Å². The molecular weight excluding hydrogens is 250 g/mol. The fourth-order valence-electron chi connectivity index (χ4n) is 2.65. The van der Waals surface area contributed by atoms with E-state index in [0.717, 1.165) is 31.1 Å². The molecule has 0 aromatic heterocycles. The van der Waals surface area contributed by atoms with Crippen LogP contribution in [0.2, 0.25) is 0 Å². The van der Waals surface area contributed by atoms with Crippen molar-refractivity contribution >= 4 is 0 Å². The van der Waals surface area contributed by atoms with E-state index in [1.54, 1.807) is 7.11 Å². The molecule has 3 rings (SSSR count). The van der Waals surface area contributed by atoms with Crippen molar-refractivity contribution in [2.75, 3.05) is 20.8 Å². The van der Waals surface area contributed by atoms with E-state index >= 15 is 0 Å². The van der Waals surface area contributed by atoms with Gasteiger partial charge in [0.05, 0.1) is 13.7 Å². The number of hydrogen-bond donors (Lipinski definition) is 1. The normalized spacial score (nSPS) is 12.9. The van der Waals surface area contributed by atoms with Crippen LogP contribution in [-0.4, -0.2) is 20.8 Å². The highest BCUT2D eigenvalue weighted by atomic mass is 16.5. The van der Waals surface area contributed by atoms with Crippen LogP contribution in [0.25, 0.3) is 11.1 Å². The third kappa shape index (κ3) is 2.37. The third-order valence-electron chi connectivity index (χ3n) is 3.67. The molecule has 3 nitrogen and oxygen atoms in total. The monoisotopic (exact) mass is 269 g/mol. The molecule has 0 spiro atoms. The van der Waals surface area contributed by atoms with Crippen molar-refractivity contribution in [3.63, 3.8) is 0 Å². The van der Waals surface area contributed by atoms with Gasteiger partial charge in [0.15, 0.2) is 0 Å². The largest absolute Gasteiger partial charge is 0.496 e. The minimum Gasteiger partial charge on any atom is -0.496 e. The number of methoxy groups -OCH3 is 1. The lowest BCUT2D eigenvalue weighted by Gasteiger charge is -2.11. The molecule has 1 aliphatic rings. The highest BCUT2D eigenvalue weighted by Gasteiger charge is 2.13. The minimum absolute atomic E-state index is 0.797. The molecule has 0 amide bonds. The van der Waals surface area contributed by atoms with Gasteiger partial charge in [0.25, 0.3) is 0 Å². The molecule has 0 fully saturated rings. The first-order chi connectivity index (χ1) is 9.81. The molecule has 104 valence electrons. The van der Waals surface area contributed by atoms with Crippen LogP contribution < -0.4 is 14.8 Å². The summed E-state index contributed by atoms with van der Waals surface area (Å²) >= 11 is 0. The van der Waals surface area contributed by atoms with Gasteiger partial charge in [-0.15, -0.1) is 0 Å². The van der Waals surface area contributed by atoms with E-state index in [1.807, 2.05) is 13.1 Å². The van der Waals surface area contributed by atoms with Crippen molar-refractivity contribution in [2.45, 2.75) is 13.0 Å². The van der Waals surface area contributed by atoms with Gasteiger partial charge in [-0.3, -0.25) is 0 Å². The predicted molar refractivity (Wildman–Crippen MR) is 80.4 cm³/mol. The average Bonchev–Trinajstić information content (AvgIpc) is 2.95. The number of nitrogens with one attached hydrogen (secondary N) is 1. The number of rotatable bonds is 4. The Bertz CT molecular complexity index is 622. The van der Waals surface area contributed by atoms with Crippen LogP contribution in [-0.2, 0) is 13.0 Å². The van der Waals surface area contributed by atoms with Crippen molar-refractivity contribution in [3.05, 3.63) is 47.5 Å². The molecule has 2 aromatic rings. The molecule has 0 radical (unpaired) electrons. The average molecular weight is 269 g/mol. The Morgan fingerprint density at radius 2 is 1.95 bits per heavy atom. The van der Waals surface area contributed by atoms with Crippen molar-refractivity contribution < 1.29 is 9.47 Å². The van der Waals surface area contributed by atoms with Gasteiger partial charge in [0.1, 0.15) is 11.5 Å². The minimum atomic E-state index is 0.797. The standard InChI is InChI=1S/C17H19NO2/c1-18-11-15-10-13(3-5-16(15)19-2)12-4-6-17-14(9-12)7-8-20-17/h3-6,9-10,18H,7-8,11H2,1-2H3. The highest BCUT2D eigenvalue weighted by molar-refractivity contribution is 5.68. The van der Waals surface area contributed by atoms with Crippen molar-refractivity contribution in [1.82, 2.24) is 5.32 Å². The second-order valence-electron chi connectivity index (χ2n) is 4.98. The summed E-state index contributed by atoms with van der Waals surface area (Å²) in [6, 6.07) is 12.7. The summed E-state index contributed by atoms with van der Waals surface area (Å²) in [5, 5.41) is 3.18. The maximum absolute atomic E-state index is 5.56. The number of fused-ring (bicyclic) bond motifs is 1. The molecule has 1 aliphatic heterocycles. The maximum Gasteiger partial charge on any atom is 0.123 e. The fraction of sp³-hybridized carbons (Fsp3) is 0.294. The lowest BCUT2D eigenvalue weighted by Crippen LogP contribution is -2.06. The quantitative estimate of drug-likeness (QED) is 0.925. The van der Waals surface area contributed by atoms with E-state index in [0.29, 0.717) is 0 Å². The molecule has 0 saturated heterocycles. The molecule has 2 aromatic carbocycles. The zero-order valence-electron chi connectivity index (χ0n) is 11.9. The third-order valence-corrected chi connectivity index (χ3v) is 3.67. The second kappa shape index (κ2) is 5.55. The summed E-state index contributed by atoms with van der Waals surface area (Å²) in [6.07, 6.45) is 1.00. The smallest absolute Gasteiger partial charge is 0.123 e. The maximum atomic E-state index is 5.56. The summed E-state index contributed by atoms with van der Waals surface area (Å²) in [5.74, 6) is 1.95. The SMILES string of the molecule is CNCc1cc(-c2ccc3c(c2)CCO3)ccc1OC. The predicted octanol–water partition coefficient (Wildman–Crippen LogP) is 3.02. The van der Waals surface area contributed by atoms with Crippen LogP contribution in [0.15, 0.2) is 36.4 Å². The highest BCUT2D eigenvalue weighted by Crippen LogP contribution is 2.32. The molecule has 1 N–H and O–H groups in total. The first kappa shape index (κ1) is 13.0. The van der Waals surface area contributed by atoms with Crippen LogP contribution in [0.3, 0.4) is 0 Å². The van der Waals surface area contributed by atoms with E-state index < -0.39 is 0 Å². The van der Waals surface area contributed by atoms with Gasteiger partial charge in [-0.2, -0.15) is 0 Å².